The van der Waals surface area contributed by atoms with Crippen LogP contribution in [0.4, 0.5) is 0 Å². The highest BCUT2D eigenvalue weighted by molar-refractivity contribution is 4.97. The molecular weight excluding hydrogens is 166 g/mol. The molecule has 1 fully saturated rings. The minimum Gasteiger partial charge on any atom is -0.389 e. The summed E-state index contributed by atoms with van der Waals surface area (Å²) in [7, 11) is 0. The zero-order valence-electron chi connectivity index (χ0n) is 8.95. The third kappa shape index (κ3) is 2.22. The Hall–Kier alpha value is -0.120. The minimum absolute atomic E-state index is 0.156. The second-order valence-electron chi connectivity index (χ2n) is 4.78. The topological polar surface area (TPSA) is 55.5 Å². The van der Waals surface area contributed by atoms with Crippen LogP contribution < -0.4 is 5.73 Å². The van der Waals surface area contributed by atoms with Gasteiger partial charge in [-0.05, 0) is 26.2 Å². The number of hydrogen-bond donors (Lipinski definition) is 2. The molecule has 13 heavy (non-hydrogen) atoms. The van der Waals surface area contributed by atoms with Gasteiger partial charge in [-0.25, -0.2) is 0 Å². The molecule has 3 nitrogen and oxygen atoms in total. The summed E-state index contributed by atoms with van der Waals surface area (Å²) in [6, 6.07) is 0. The second kappa shape index (κ2) is 3.56. The third-order valence-electron chi connectivity index (χ3n) is 2.89. The molecule has 3 heteroatoms. The summed E-state index contributed by atoms with van der Waals surface area (Å²) < 4.78 is 5.67. The third-order valence-corrected chi connectivity index (χ3v) is 2.89. The van der Waals surface area contributed by atoms with E-state index in [2.05, 4.69) is 13.8 Å². The van der Waals surface area contributed by atoms with Crippen molar-refractivity contribution in [1.29, 1.82) is 0 Å². The monoisotopic (exact) mass is 187 g/mol. The van der Waals surface area contributed by atoms with Crippen molar-refractivity contribution in [2.24, 2.45) is 11.7 Å². The van der Waals surface area contributed by atoms with Gasteiger partial charge in [-0.15, -0.1) is 0 Å². The molecule has 1 saturated heterocycles. The molecule has 0 radical (unpaired) electrons. The van der Waals surface area contributed by atoms with Gasteiger partial charge in [0.2, 0.25) is 0 Å². The Labute approximate surface area is 80.3 Å². The zero-order chi connectivity index (χ0) is 10.2. The Bertz CT molecular complexity index is 180. The van der Waals surface area contributed by atoms with E-state index in [1.807, 2.05) is 13.8 Å². The van der Waals surface area contributed by atoms with Crippen molar-refractivity contribution >= 4 is 0 Å². The largest absolute Gasteiger partial charge is 0.389 e. The van der Waals surface area contributed by atoms with E-state index in [4.69, 9.17) is 10.5 Å². The van der Waals surface area contributed by atoms with E-state index >= 15 is 0 Å². The molecule has 3 N–H and O–H groups in total. The van der Waals surface area contributed by atoms with Gasteiger partial charge in [-0.2, -0.15) is 0 Å². The van der Waals surface area contributed by atoms with Gasteiger partial charge in [-0.3, -0.25) is 0 Å². The van der Waals surface area contributed by atoms with E-state index in [9.17, 15) is 5.11 Å². The molecule has 0 spiro atoms. The Morgan fingerprint density at radius 1 is 1.54 bits per heavy atom. The first-order valence-electron chi connectivity index (χ1n) is 4.97. The van der Waals surface area contributed by atoms with Crippen LogP contribution >= 0.6 is 0 Å². The van der Waals surface area contributed by atoms with E-state index < -0.39 is 11.6 Å². The first kappa shape index (κ1) is 11.0. The number of aliphatic hydroxyl groups is 1. The van der Waals surface area contributed by atoms with Gasteiger partial charge in [0.1, 0.15) is 0 Å². The summed E-state index contributed by atoms with van der Waals surface area (Å²) in [6.45, 7) is 8.01. The number of hydrogen-bond acceptors (Lipinski definition) is 3. The van der Waals surface area contributed by atoms with Crippen LogP contribution in [0.25, 0.3) is 0 Å². The maximum absolute atomic E-state index is 9.76. The quantitative estimate of drug-likeness (QED) is 0.641. The van der Waals surface area contributed by atoms with Gasteiger partial charge in [0.25, 0.3) is 0 Å². The van der Waals surface area contributed by atoms with Crippen molar-refractivity contribution in [3.63, 3.8) is 0 Å². The average Bonchev–Trinajstić information content (AvgIpc) is 1.99. The highest BCUT2D eigenvalue weighted by atomic mass is 16.5. The first-order valence-corrected chi connectivity index (χ1v) is 4.97. The van der Waals surface area contributed by atoms with E-state index in [1.165, 1.54) is 0 Å². The Balaban J connectivity index is 2.70. The molecule has 1 aliphatic rings. The summed E-state index contributed by atoms with van der Waals surface area (Å²) in [6.07, 6.45) is 0.197. The molecule has 1 aliphatic heterocycles. The van der Waals surface area contributed by atoms with Crippen LogP contribution in [0, 0.1) is 5.92 Å². The summed E-state index contributed by atoms with van der Waals surface area (Å²) >= 11 is 0. The number of ether oxygens (including phenoxy) is 1. The van der Waals surface area contributed by atoms with Crippen LogP contribution in [0.1, 0.15) is 34.1 Å². The molecule has 4 unspecified atom stereocenters. The smallest absolute Gasteiger partial charge is 0.0976 e. The highest BCUT2D eigenvalue weighted by Gasteiger charge is 2.42. The first-order chi connectivity index (χ1) is 5.84. The predicted molar refractivity (Wildman–Crippen MR) is 52.4 cm³/mol. The lowest BCUT2D eigenvalue weighted by Crippen LogP contribution is -2.60. The molecule has 78 valence electrons. The second-order valence-corrected chi connectivity index (χ2v) is 4.78. The van der Waals surface area contributed by atoms with Crippen LogP contribution in [-0.2, 0) is 4.74 Å². The summed E-state index contributed by atoms with van der Waals surface area (Å²) in [5.74, 6) is 0.456. The zero-order valence-corrected chi connectivity index (χ0v) is 8.95. The van der Waals surface area contributed by atoms with Crippen molar-refractivity contribution in [2.45, 2.75) is 58.0 Å². The lowest BCUT2D eigenvalue weighted by atomic mass is 9.81. The van der Waals surface area contributed by atoms with Crippen molar-refractivity contribution in [3.8, 4) is 0 Å². The minimum atomic E-state index is -0.553. The molecule has 1 heterocycles. The molecule has 4 atom stereocenters. The Morgan fingerprint density at radius 2 is 2.08 bits per heavy atom. The summed E-state index contributed by atoms with van der Waals surface area (Å²) in [5.41, 5.74) is 5.50. The van der Waals surface area contributed by atoms with Crippen LogP contribution in [0.3, 0.4) is 0 Å². The number of nitrogens with two attached hydrogens (primary N) is 1. The molecule has 0 aromatic carbocycles. The van der Waals surface area contributed by atoms with Gasteiger partial charge >= 0.3 is 0 Å². The van der Waals surface area contributed by atoms with E-state index in [0.717, 1.165) is 6.42 Å². The van der Waals surface area contributed by atoms with Gasteiger partial charge in [0.15, 0.2) is 0 Å². The Morgan fingerprint density at radius 3 is 2.46 bits per heavy atom. The van der Waals surface area contributed by atoms with Gasteiger partial charge < -0.3 is 15.6 Å². The lowest BCUT2D eigenvalue weighted by molar-refractivity contribution is -0.153. The normalized spacial score (nSPS) is 46.8. The maximum Gasteiger partial charge on any atom is 0.0976 e. The van der Waals surface area contributed by atoms with Crippen molar-refractivity contribution < 1.29 is 9.84 Å². The molecule has 0 aromatic heterocycles. The predicted octanol–water partition coefficient (Wildman–Crippen LogP) is 0.898. The number of rotatable bonds is 1. The molecule has 0 aromatic rings. The van der Waals surface area contributed by atoms with Gasteiger partial charge in [-0.1, -0.05) is 13.8 Å². The van der Waals surface area contributed by atoms with Crippen molar-refractivity contribution in [2.75, 3.05) is 0 Å². The Kier molecular flexibility index (Phi) is 3.00. The SMILES string of the molecule is CC(C)C1CC(C)(N)C(O)C(C)O1. The van der Waals surface area contributed by atoms with Crippen LogP contribution in [0.5, 0.6) is 0 Å². The standard InChI is InChI=1S/C10H21NO2/c1-6(2)8-5-10(4,11)9(12)7(3)13-8/h6-9,12H,5,11H2,1-4H3. The molecule has 0 aliphatic carbocycles. The fourth-order valence-electron chi connectivity index (χ4n) is 1.88. The van der Waals surface area contributed by atoms with E-state index in [1.54, 1.807) is 0 Å². The van der Waals surface area contributed by atoms with Gasteiger partial charge in [0.05, 0.1) is 18.3 Å². The molecule has 0 bridgehead atoms. The molecular formula is C10H21NO2. The van der Waals surface area contributed by atoms with Crippen LogP contribution in [0.15, 0.2) is 0 Å². The summed E-state index contributed by atoms with van der Waals surface area (Å²) in [5, 5.41) is 9.76. The number of aliphatic hydroxyl groups excluding tert-OH is 1. The molecule has 0 saturated carbocycles. The van der Waals surface area contributed by atoms with Crippen molar-refractivity contribution in [3.05, 3.63) is 0 Å². The molecule has 1 rings (SSSR count). The highest BCUT2D eigenvalue weighted by Crippen LogP contribution is 2.30. The molecule has 0 amide bonds. The fourth-order valence-corrected chi connectivity index (χ4v) is 1.88. The maximum atomic E-state index is 9.76. The lowest BCUT2D eigenvalue weighted by Gasteiger charge is -2.44. The fraction of sp³-hybridized carbons (Fsp3) is 1.00. The van der Waals surface area contributed by atoms with Crippen molar-refractivity contribution in [1.82, 2.24) is 0 Å². The van der Waals surface area contributed by atoms with Gasteiger partial charge in [0, 0.05) is 5.54 Å². The average molecular weight is 187 g/mol. The van der Waals surface area contributed by atoms with E-state index in [-0.39, 0.29) is 12.2 Å². The van der Waals surface area contributed by atoms with Crippen LogP contribution in [-0.4, -0.2) is 29.0 Å². The van der Waals surface area contributed by atoms with E-state index in [0.29, 0.717) is 5.92 Å². The summed E-state index contributed by atoms with van der Waals surface area (Å²) in [4.78, 5) is 0. The van der Waals surface area contributed by atoms with Crippen LogP contribution in [0.2, 0.25) is 0 Å².